The summed E-state index contributed by atoms with van der Waals surface area (Å²) in [5.74, 6) is 0.0298. The summed E-state index contributed by atoms with van der Waals surface area (Å²) >= 11 is 0. The number of carbonyl (C=O) groups is 1. The van der Waals surface area contributed by atoms with Gasteiger partial charge in [-0.2, -0.15) is 0 Å². The molecule has 0 atom stereocenters. The van der Waals surface area contributed by atoms with Crippen LogP contribution < -0.4 is 11.1 Å². The van der Waals surface area contributed by atoms with E-state index in [-0.39, 0.29) is 11.4 Å². The highest BCUT2D eigenvalue weighted by molar-refractivity contribution is 5.87. The van der Waals surface area contributed by atoms with Crippen LogP contribution in [-0.4, -0.2) is 17.0 Å². The quantitative estimate of drug-likeness (QED) is 0.720. The number of rotatable bonds is 4. The minimum absolute atomic E-state index is 0.0298. The molecule has 0 aromatic carbocycles. The lowest BCUT2D eigenvalue weighted by atomic mass is 9.76. The minimum Gasteiger partial charge on any atom is -0.350 e. The summed E-state index contributed by atoms with van der Waals surface area (Å²) in [4.78, 5) is 11.8. The van der Waals surface area contributed by atoms with Gasteiger partial charge >= 0.3 is 0 Å². The number of amides is 1. The van der Waals surface area contributed by atoms with Gasteiger partial charge in [0.15, 0.2) is 0 Å². The van der Waals surface area contributed by atoms with Gasteiger partial charge in [-0.25, -0.2) is 0 Å². The number of nitrogens with one attached hydrogen (secondary N) is 1. The molecule has 0 aromatic rings. The zero-order valence-corrected chi connectivity index (χ0v) is 9.52. The largest absolute Gasteiger partial charge is 0.350 e. The maximum Gasteiger partial charge on any atom is 0.240 e. The van der Waals surface area contributed by atoms with Gasteiger partial charge in [-0.05, 0) is 39.5 Å². The molecule has 3 nitrogen and oxygen atoms in total. The first-order valence-corrected chi connectivity index (χ1v) is 5.51. The molecule has 14 heavy (non-hydrogen) atoms. The third-order valence-electron chi connectivity index (χ3n) is 3.02. The maximum absolute atomic E-state index is 11.8. The normalized spacial score (nSPS) is 20.0. The molecule has 1 saturated carbocycles. The van der Waals surface area contributed by atoms with E-state index in [4.69, 9.17) is 5.73 Å². The van der Waals surface area contributed by atoms with E-state index in [0.717, 1.165) is 32.1 Å². The lowest BCUT2D eigenvalue weighted by molar-refractivity contribution is -0.131. The van der Waals surface area contributed by atoms with Gasteiger partial charge in [0, 0.05) is 5.54 Å². The Morgan fingerprint density at radius 1 is 1.50 bits per heavy atom. The molecule has 3 N–H and O–H groups in total. The van der Waals surface area contributed by atoms with Crippen LogP contribution in [0.3, 0.4) is 0 Å². The maximum atomic E-state index is 11.8. The van der Waals surface area contributed by atoms with Gasteiger partial charge in [-0.15, -0.1) is 0 Å². The van der Waals surface area contributed by atoms with Crippen LogP contribution in [-0.2, 0) is 4.79 Å². The standard InChI is InChI=1S/C11H22N2O/c1-4-6-10(2,3)13-9(14)11(12)7-5-8-11/h4-8,12H2,1-3H3,(H,13,14). The van der Waals surface area contributed by atoms with Crippen molar-refractivity contribution in [1.29, 1.82) is 0 Å². The van der Waals surface area contributed by atoms with Crippen LogP contribution in [0.1, 0.15) is 52.9 Å². The molecule has 0 heterocycles. The van der Waals surface area contributed by atoms with E-state index in [2.05, 4.69) is 26.1 Å². The van der Waals surface area contributed by atoms with E-state index >= 15 is 0 Å². The topological polar surface area (TPSA) is 55.1 Å². The van der Waals surface area contributed by atoms with E-state index in [9.17, 15) is 4.79 Å². The van der Waals surface area contributed by atoms with Gasteiger partial charge in [0.25, 0.3) is 0 Å². The van der Waals surface area contributed by atoms with E-state index in [1.165, 1.54) is 0 Å². The van der Waals surface area contributed by atoms with Gasteiger partial charge in [0.05, 0.1) is 5.54 Å². The van der Waals surface area contributed by atoms with Crippen molar-refractivity contribution in [2.75, 3.05) is 0 Å². The van der Waals surface area contributed by atoms with Crippen molar-refractivity contribution in [2.24, 2.45) is 5.73 Å². The van der Waals surface area contributed by atoms with E-state index in [1.54, 1.807) is 0 Å². The fraction of sp³-hybridized carbons (Fsp3) is 0.909. The highest BCUT2D eigenvalue weighted by Gasteiger charge is 2.41. The molecule has 0 spiro atoms. The molecule has 0 aliphatic heterocycles. The van der Waals surface area contributed by atoms with Gasteiger partial charge in [0.2, 0.25) is 5.91 Å². The van der Waals surface area contributed by atoms with Crippen LogP contribution in [0, 0.1) is 0 Å². The first-order chi connectivity index (χ1) is 6.40. The molecule has 1 amide bonds. The molecule has 0 bridgehead atoms. The van der Waals surface area contributed by atoms with Crippen LogP contribution >= 0.6 is 0 Å². The first-order valence-electron chi connectivity index (χ1n) is 5.51. The second-order valence-corrected chi connectivity index (χ2v) is 5.10. The van der Waals surface area contributed by atoms with Crippen LogP contribution in [0.4, 0.5) is 0 Å². The van der Waals surface area contributed by atoms with Gasteiger partial charge in [0.1, 0.15) is 0 Å². The number of hydrogen-bond donors (Lipinski definition) is 2. The SMILES string of the molecule is CCCC(C)(C)NC(=O)C1(N)CCC1. The second kappa shape index (κ2) is 3.89. The van der Waals surface area contributed by atoms with Gasteiger partial charge in [-0.3, -0.25) is 4.79 Å². The molecule has 3 heteroatoms. The number of nitrogens with two attached hydrogens (primary N) is 1. The monoisotopic (exact) mass is 198 g/mol. The van der Waals surface area contributed by atoms with Gasteiger partial charge < -0.3 is 11.1 Å². The van der Waals surface area contributed by atoms with Crippen LogP contribution in [0.2, 0.25) is 0 Å². The Bertz CT molecular complexity index is 219. The van der Waals surface area contributed by atoms with Crippen LogP contribution in [0.25, 0.3) is 0 Å². The van der Waals surface area contributed by atoms with Crippen molar-refractivity contribution in [3.05, 3.63) is 0 Å². The molecule has 0 aromatic heterocycles. The Morgan fingerprint density at radius 3 is 2.43 bits per heavy atom. The Balaban J connectivity index is 2.47. The summed E-state index contributed by atoms with van der Waals surface area (Å²) in [6.45, 7) is 6.22. The summed E-state index contributed by atoms with van der Waals surface area (Å²) in [5, 5.41) is 3.04. The third kappa shape index (κ3) is 2.47. The fourth-order valence-electron chi connectivity index (χ4n) is 1.90. The summed E-state index contributed by atoms with van der Waals surface area (Å²) in [7, 11) is 0. The van der Waals surface area contributed by atoms with Crippen molar-refractivity contribution in [1.82, 2.24) is 5.32 Å². The fourth-order valence-corrected chi connectivity index (χ4v) is 1.90. The lowest BCUT2D eigenvalue weighted by Crippen LogP contribution is -2.62. The molecule has 0 unspecified atom stereocenters. The molecular weight excluding hydrogens is 176 g/mol. The van der Waals surface area contributed by atoms with E-state index in [1.807, 2.05) is 0 Å². The second-order valence-electron chi connectivity index (χ2n) is 5.10. The Hall–Kier alpha value is -0.570. The zero-order chi connectivity index (χ0) is 10.8. The predicted octanol–water partition coefficient (Wildman–Crippen LogP) is 1.56. The Labute approximate surface area is 86.4 Å². The summed E-state index contributed by atoms with van der Waals surface area (Å²) in [6, 6.07) is 0. The molecular formula is C11H22N2O. The first kappa shape index (κ1) is 11.5. The van der Waals surface area contributed by atoms with Crippen molar-refractivity contribution in [2.45, 2.75) is 64.0 Å². The van der Waals surface area contributed by atoms with E-state index in [0.29, 0.717) is 0 Å². The van der Waals surface area contributed by atoms with Crippen molar-refractivity contribution in [3.63, 3.8) is 0 Å². The summed E-state index contributed by atoms with van der Waals surface area (Å²) in [5.41, 5.74) is 5.26. The molecule has 1 aliphatic carbocycles. The Kier molecular flexibility index (Phi) is 3.20. The van der Waals surface area contributed by atoms with Crippen molar-refractivity contribution in [3.8, 4) is 0 Å². The molecule has 1 fully saturated rings. The highest BCUT2D eigenvalue weighted by Crippen LogP contribution is 2.30. The average Bonchev–Trinajstić information content (AvgIpc) is 1.98. The lowest BCUT2D eigenvalue weighted by Gasteiger charge is -2.39. The van der Waals surface area contributed by atoms with Crippen LogP contribution in [0.15, 0.2) is 0 Å². The van der Waals surface area contributed by atoms with Crippen molar-refractivity contribution >= 4 is 5.91 Å². The van der Waals surface area contributed by atoms with E-state index < -0.39 is 5.54 Å². The summed E-state index contributed by atoms with van der Waals surface area (Å²) < 4.78 is 0. The summed E-state index contributed by atoms with van der Waals surface area (Å²) in [6.07, 6.45) is 4.82. The third-order valence-corrected chi connectivity index (χ3v) is 3.02. The molecule has 1 aliphatic rings. The average molecular weight is 198 g/mol. The molecule has 1 rings (SSSR count). The minimum atomic E-state index is -0.564. The molecule has 0 saturated heterocycles. The zero-order valence-electron chi connectivity index (χ0n) is 9.52. The van der Waals surface area contributed by atoms with Crippen molar-refractivity contribution < 1.29 is 4.79 Å². The number of carbonyl (C=O) groups excluding carboxylic acids is 1. The molecule has 82 valence electrons. The smallest absolute Gasteiger partial charge is 0.240 e. The Morgan fingerprint density at radius 2 is 2.07 bits per heavy atom. The van der Waals surface area contributed by atoms with Gasteiger partial charge in [-0.1, -0.05) is 13.3 Å². The number of hydrogen-bond acceptors (Lipinski definition) is 2. The predicted molar refractivity (Wildman–Crippen MR) is 57.9 cm³/mol. The molecule has 0 radical (unpaired) electrons. The van der Waals surface area contributed by atoms with Crippen LogP contribution in [0.5, 0.6) is 0 Å². The highest BCUT2D eigenvalue weighted by atomic mass is 16.2.